The molecule has 2 heterocycles. The Bertz CT molecular complexity index is 959. The summed E-state index contributed by atoms with van der Waals surface area (Å²) in [6, 6.07) is 12.1. The van der Waals surface area contributed by atoms with Crippen LogP contribution in [0, 0.1) is 0 Å². The van der Waals surface area contributed by atoms with Crippen molar-refractivity contribution in [1.29, 1.82) is 0 Å². The van der Waals surface area contributed by atoms with Gasteiger partial charge in [0.2, 0.25) is 5.91 Å². The van der Waals surface area contributed by atoms with E-state index in [0.29, 0.717) is 12.8 Å². The molecule has 6 heteroatoms. The van der Waals surface area contributed by atoms with Crippen LogP contribution in [0.4, 0.5) is 5.69 Å². The molecule has 0 fully saturated rings. The van der Waals surface area contributed by atoms with Crippen molar-refractivity contribution >= 4 is 41.4 Å². The number of amides is 1. The smallest absolute Gasteiger partial charge is 0.227 e. The van der Waals surface area contributed by atoms with Gasteiger partial charge in [-0.3, -0.25) is 9.59 Å². The number of benzene rings is 2. The summed E-state index contributed by atoms with van der Waals surface area (Å²) >= 11 is 6.24. The number of unbranched alkanes of at least 4 members (excludes halogenated alkanes) is 1. The highest BCUT2D eigenvalue weighted by Gasteiger charge is 2.30. The Hall–Kier alpha value is -1.88. The van der Waals surface area contributed by atoms with Gasteiger partial charge in [-0.1, -0.05) is 29.8 Å². The topological polar surface area (TPSA) is 40.6 Å². The van der Waals surface area contributed by atoms with Crippen molar-refractivity contribution in [2.45, 2.75) is 51.4 Å². The van der Waals surface area contributed by atoms with E-state index in [1.54, 1.807) is 0 Å². The van der Waals surface area contributed by atoms with Crippen LogP contribution in [0.15, 0.2) is 36.4 Å². The van der Waals surface area contributed by atoms with Crippen LogP contribution in [0.5, 0.6) is 0 Å². The van der Waals surface area contributed by atoms with Crippen molar-refractivity contribution in [2.75, 3.05) is 31.6 Å². The predicted octanol–water partition coefficient (Wildman–Crippen LogP) is 5.51. The van der Waals surface area contributed by atoms with Crippen molar-refractivity contribution < 1.29 is 9.59 Å². The van der Waals surface area contributed by atoms with E-state index in [1.165, 1.54) is 16.7 Å². The van der Waals surface area contributed by atoms with E-state index in [9.17, 15) is 9.59 Å². The van der Waals surface area contributed by atoms with Crippen molar-refractivity contribution in [2.24, 2.45) is 0 Å². The molecule has 4 nitrogen and oxygen atoms in total. The average Bonchev–Trinajstić information content (AvgIpc) is 2.78. The molecule has 0 spiro atoms. The molecule has 1 amide bonds. The summed E-state index contributed by atoms with van der Waals surface area (Å²) in [6.45, 7) is 2.75. The summed E-state index contributed by atoms with van der Waals surface area (Å²) in [4.78, 5) is 29.3. The van der Waals surface area contributed by atoms with Crippen LogP contribution < -0.4 is 4.90 Å². The molecule has 2 aromatic rings. The van der Waals surface area contributed by atoms with Gasteiger partial charge in [-0.2, -0.15) is 0 Å². The standard InChI is InChI=1S/C26H31ClN2O2.ClH/c1-28(16-13-19-7-2-3-9-23(19)27)14-5-4-10-24(30)22-17-20-8-6-15-29-25(31)12-11-21(18-22)26(20)29;/h2-3,7,9,17-18H,4-6,8,10-16H2,1H3;1H. The van der Waals surface area contributed by atoms with Crippen LogP contribution in [0.1, 0.15) is 59.2 Å². The highest BCUT2D eigenvalue weighted by molar-refractivity contribution is 6.31. The molecule has 0 unspecified atom stereocenters. The molecule has 2 aliphatic heterocycles. The fourth-order valence-corrected chi connectivity index (χ4v) is 4.98. The van der Waals surface area contributed by atoms with Crippen LogP contribution in [0.3, 0.4) is 0 Å². The zero-order valence-corrected chi connectivity index (χ0v) is 20.3. The fourth-order valence-electron chi connectivity index (χ4n) is 4.75. The van der Waals surface area contributed by atoms with E-state index in [2.05, 4.69) is 18.0 Å². The maximum atomic E-state index is 12.8. The minimum Gasteiger partial charge on any atom is -0.312 e. The third-order valence-electron chi connectivity index (χ3n) is 6.51. The number of halogens is 2. The van der Waals surface area contributed by atoms with Gasteiger partial charge in [-0.05, 0) is 87.0 Å². The number of nitrogens with zero attached hydrogens (tertiary/aromatic N) is 2. The maximum Gasteiger partial charge on any atom is 0.227 e. The minimum atomic E-state index is 0. The number of aryl methyl sites for hydroxylation is 2. The number of rotatable bonds is 9. The van der Waals surface area contributed by atoms with E-state index in [1.807, 2.05) is 35.2 Å². The maximum absolute atomic E-state index is 12.8. The molecule has 0 N–H and O–H groups in total. The Morgan fingerprint density at radius 2 is 1.81 bits per heavy atom. The number of carbonyl (C=O) groups is 2. The van der Waals surface area contributed by atoms with Crippen LogP contribution in [-0.4, -0.2) is 43.3 Å². The monoisotopic (exact) mass is 474 g/mol. The van der Waals surface area contributed by atoms with Gasteiger partial charge >= 0.3 is 0 Å². The van der Waals surface area contributed by atoms with Crippen LogP contribution >= 0.6 is 24.0 Å². The molecule has 0 aliphatic carbocycles. The van der Waals surface area contributed by atoms with Crippen LogP contribution in [0.2, 0.25) is 5.02 Å². The minimum absolute atomic E-state index is 0. The number of hydrogen-bond donors (Lipinski definition) is 0. The third-order valence-corrected chi connectivity index (χ3v) is 6.88. The molecule has 4 rings (SSSR count). The van der Waals surface area contributed by atoms with Crippen LogP contribution in [-0.2, 0) is 24.1 Å². The molecule has 0 saturated carbocycles. The zero-order valence-electron chi connectivity index (χ0n) is 18.7. The molecular weight excluding hydrogens is 443 g/mol. The number of hydrogen-bond acceptors (Lipinski definition) is 3. The lowest BCUT2D eigenvalue weighted by Crippen LogP contribution is -2.39. The number of Topliss-reactive ketones (excluding diaryl/α,β-unsaturated/α-hetero) is 1. The number of ketones is 1. The molecule has 0 bridgehead atoms. The van der Waals surface area contributed by atoms with Crippen molar-refractivity contribution in [3.8, 4) is 0 Å². The highest BCUT2D eigenvalue weighted by atomic mass is 35.5. The molecule has 0 atom stereocenters. The number of carbonyl (C=O) groups excluding carboxylic acids is 2. The van der Waals surface area contributed by atoms with E-state index < -0.39 is 0 Å². The van der Waals surface area contributed by atoms with Gasteiger partial charge in [0.1, 0.15) is 0 Å². The molecule has 0 radical (unpaired) electrons. The van der Waals surface area contributed by atoms with E-state index in [4.69, 9.17) is 11.6 Å². The molecule has 2 aliphatic rings. The first-order chi connectivity index (χ1) is 15.0. The second-order valence-electron chi connectivity index (χ2n) is 8.82. The summed E-state index contributed by atoms with van der Waals surface area (Å²) in [5, 5.41) is 0.832. The van der Waals surface area contributed by atoms with E-state index in [0.717, 1.165) is 74.4 Å². The first kappa shape index (κ1) is 24.8. The zero-order chi connectivity index (χ0) is 21.8. The van der Waals surface area contributed by atoms with Crippen LogP contribution in [0.25, 0.3) is 0 Å². The van der Waals surface area contributed by atoms with Gasteiger partial charge in [-0.25, -0.2) is 0 Å². The Kier molecular flexibility index (Phi) is 8.75. The van der Waals surface area contributed by atoms with E-state index in [-0.39, 0.29) is 24.1 Å². The molecular formula is C26H32Cl2N2O2. The highest BCUT2D eigenvalue weighted by Crippen LogP contribution is 2.36. The summed E-state index contributed by atoms with van der Waals surface area (Å²) in [5.74, 6) is 0.456. The molecule has 32 heavy (non-hydrogen) atoms. The first-order valence-corrected chi connectivity index (χ1v) is 11.8. The summed E-state index contributed by atoms with van der Waals surface area (Å²) < 4.78 is 0. The molecule has 0 aromatic heterocycles. The predicted molar refractivity (Wildman–Crippen MR) is 134 cm³/mol. The molecule has 2 aromatic carbocycles. The van der Waals surface area contributed by atoms with Gasteiger partial charge in [0.05, 0.1) is 5.69 Å². The molecule has 172 valence electrons. The quantitative estimate of drug-likeness (QED) is 0.355. The number of likely N-dealkylation sites (N-methyl/N-ethyl adjacent to an activating group) is 1. The number of anilines is 1. The second kappa shape index (κ2) is 11.3. The van der Waals surface area contributed by atoms with Gasteiger partial charge < -0.3 is 9.80 Å². The van der Waals surface area contributed by atoms with Gasteiger partial charge in [0.25, 0.3) is 0 Å². The van der Waals surface area contributed by atoms with Crippen molar-refractivity contribution in [3.63, 3.8) is 0 Å². The van der Waals surface area contributed by atoms with E-state index >= 15 is 0 Å². The lowest BCUT2D eigenvalue weighted by Gasteiger charge is -2.35. The Morgan fingerprint density at radius 1 is 1.06 bits per heavy atom. The SMILES string of the molecule is CN(CCCCC(=O)c1cc2c3c(c1)CCC(=O)N3CCC2)CCc1ccccc1Cl.Cl. The Balaban J connectivity index is 0.00000289. The lowest BCUT2D eigenvalue weighted by atomic mass is 9.88. The second-order valence-corrected chi connectivity index (χ2v) is 9.22. The largest absolute Gasteiger partial charge is 0.312 e. The Labute approximate surface area is 202 Å². The molecule has 0 saturated heterocycles. The Morgan fingerprint density at radius 3 is 2.59 bits per heavy atom. The lowest BCUT2D eigenvalue weighted by molar-refractivity contribution is -0.119. The average molecular weight is 475 g/mol. The van der Waals surface area contributed by atoms with Gasteiger partial charge in [0.15, 0.2) is 5.78 Å². The van der Waals surface area contributed by atoms with Crippen molar-refractivity contribution in [1.82, 2.24) is 4.90 Å². The first-order valence-electron chi connectivity index (χ1n) is 11.4. The van der Waals surface area contributed by atoms with Gasteiger partial charge in [-0.15, -0.1) is 12.4 Å². The normalized spacial score (nSPS) is 14.8. The summed E-state index contributed by atoms with van der Waals surface area (Å²) in [6.07, 6.45) is 6.68. The third kappa shape index (κ3) is 5.72. The van der Waals surface area contributed by atoms with Gasteiger partial charge in [0, 0.05) is 36.5 Å². The summed E-state index contributed by atoms with van der Waals surface area (Å²) in [5.41, 5.74) is 5.47. The van der Waals surface area contributed by atoms with Crippen molar-refractivity contribution in [3.05, 3.63) is 63.7 Å². The fraction of sp³-hybridized carbons (Fsp3) is 0.462. The summed E-state index contributed by atoms with van der Waals surface area (Å²) in [7, 11) is 2.12.